The Balaban J connectivity index is 1.86. The number of nitrogens with one attached hydrogen (secondary N) is 1. The van der Waals surface area contributed by atoms with Crippen LogP contribution in [0.2, 0.25) is 0 Å². The topological polar surface area (TPSA) is 39.1 Å². The standard InChI is InChI=1S/C15H20FN3O/c1-11-7-18-19(9-11)10-12(2)17-8-13-4-5-15(20-3)14(16)6-13/h4-7,9,12,17H,8,10H2,1-3H3/t12-/m0/s1. The predicted octanol–water partition coefficient (Wildman–Crippen LogP) is 2.52. The number of aryl methyl sites for hydroxylation is 1. The molecule has 1 N–H and O–H groups in total. The van der Waals surface area contributed by atoms with Gasteiger partial charge in [0.15, 0.2) is 11.6 Å². The average molecular weight is 277 g/mol. The van der Waals surface area contributed by atoms with Gasteiger partial charge in [0.05, 0.1) is 19.9 Å². The first-order chi connectivity index (χ1) is 9.58. The summed E-state index contributed by atoms with van der Waals surface area (Å²) < 4.78 is 20.4. The summed E-state index contributed by atoms with van der Waals surface area (Å²) in [6.45, 7) is 5.49. The molecule has 108 valence electrons. The van der Waals surface area contributed by atoms with Crippen LogP contribution in [-0.4, -0.2) is 22.9 Å². The molecule has 0 aliphatic carbocycles. The van der Waals surface area contributed by atoms with E-state index in [9.17, 15) is 4.39 Å². The largest absolute Gasteiger partial charge is 0.494 e. The normalized spacial score (nSPS) is 12.4. The lowest BCUT2D eigenvalue weighted by Gasteiger charge is -2.14. The molecule has 1 atom stereocenters. The fourth-order valence-corrected chi connectivity index (χ4v) is 2.02. The molecular formula is C15H20FN3O. The van der Waals surface area contributed by atoms with Crippen LogP contribution >= 0.6 is 0 Å². The molecule has 2 aromatic rings. The second-order valence-electron chi connectivity index (χ2n) is 4.99. The highest BCUT2D eigenvalue weighted by Crippen LogP contribution is 2.17. The number of methoxy groups -OCH3 is 1. The summed E-state index contributed by atoms with van der Waals surface area (Å²) in [6, 6.07) is 5.25. The number of hydrogen-bond donors (Lipinski definition) is 1. The number of ether oxygens (including phenoxy) is 1. The van der Waals surface area contributed by atoms with Crippen LogP contribution in [0.1, 0.15) is 18.1 Å². The third kappa shape index (κ3) is 3.81. The maximum absolute atomic E-state index is 13.6. The van der Waals surface area contributed by atoms with Crippen molar-refractivity contribution in [3.8, 4) is 5.75 Å². The van der Waals surface area contributed by atoms with Gasteiger partial charge in [0.2, 0.25) is 0 Å². The van der Waals surface area contributed by atoms with Gasteiger partial charge in [0, 0.05) is 18.8 Å². The minimum absolute atomic E-state index is 0.250. The van der Waals surface area contributed by atoms with E-state index in [1.54, 1.807) is 6.07 Å². The van der Waals surface area contributed by atoms with Gasteiger partial charge in [-0.15, -0.1) is 0 Å². The SMILES string of the molecule is COc1ccc(CN[C@@H](C)Cn2cc(C)cn2)cc1F. The molecule has 0 fully saturated rings. The fourth-order valence-electron chi connectivity index (χ4n) is 2.02. The summed E-state index contributed by atoms with van der Waals surface area (Å²) >= 11 is 0. The Morgan fingerprint density at radius 1 is 1.45 bits per heavy atom. The van der Waals surface area contributed by atoms with Gasteiger partial charge in [0.1, 0.15) is 0 Å². The summed E-state index contributed by atoms with van der Waals surface area (Å²) in [4.78, 5) is 0. The summed E-state index contributed by atoms with van der Waals surface area (Å²) in [5.41, 5.74) is 2.04. The Bertz CT molecular complexity index is 568. The molecule has 0 bridgehead atoms. The first-order valence-corrected chi connectivity index (χ1v) is 6.63. The lowest BCUT2D eigenvalue weighted by Crippen LogP contribution is -2.30. The van der Waals surface area contributed by atoms with Crippen molar-refractivity contribution in [1.29, 1.82) is 0 Å². The van der Waals surface area contributed by atoms with Gasteiger partial charge >= 0.3 is 0 Å². The van der Waals surface area contributed by atoms with Crippen molar-refractivity contribution in [2.45, 2.75) is 33.0 Å². The second kappa shape index (κ2) is 6.52. The molecule has 1 aromatic heterocycles. The van der Waals surface area contributed by atoms with Crippen LogP contribution in [0.15, 0.2) is 30.6 Å². The van der Waals surface area contributed by atoms with E-state index in [0.29, 0.717) is 6.54 Å². The van der Waals surface area contributed by atoms with Crippen LogP contribution < -0.4 is 10.1 Å². The van der Waals surface area contributed by atoms with E-state index in [2.05, 4.69) is 17.3 Å². The van der Waals surface area contributed by atoms with E-state index in [1.807, 2.05) is 30.1 Å². The van der Waals surface area contributed by atoms with E-state index in [4.69, 9.17) is 4.74 Å². The van der Waals surface area contributed by atoms with Gasteiger partial charge in [-0.05, 0) is 37.1 Å². The maximum Gasteiger partial charge on any atom is 0.165 e. The molecule has 0 amide bonds. The van der Waals surface area contributed by atoms with E-state index < -0.39 is 0 Å². The monoisotopic (exact) mass is 277 g/mol. The number of aromatic nitrogens is 2. The summed E-state index contributed by atoms with van der Waals surface area (Å²) in [7, 11) is 1.46. The lowest BCUT2D eigenvalue weighted by atomic mass is 10.2. The van der Waals surface area contributed by atoms with E-state index in [1.165, 1.54) is 13.2 Å². The first kappa shape index (κ1) is 14.5. The Hall–Kier alpha value is -1.88. The molecule has 0 unspecified atom stereocenters. The van der Waals surface area contributed by atoms with Crippen molar-refractivity contribution in [3.05, 3.63) is 47.5 Å². The quantitative estimate of drug-likeness (QED) is 0.882. The van der Waals surface area contributed by atoms with Crippen molar-refractivity contribution < 1.29 is 9.13 Å². The van der Waals surface area contributed by atoms with Crippen LogP contribution in [0, 0.1) is 12.7 Å². The molecule has 5 heteroatoms. The summed E-state index contributed by atoms with van der Waals surface area (Å²) in [6.07, 6.45) is 3.84. The number of rotatable bonds is 6. The van der Waals surface area contributed by atoms with Crippen molar-refractivity contribution in [3.63, 3.8) is 0 Å². The summed E-state index contributed by atoms with van der Waals surface area (Å²) in [5, 5.41) is 7.60. The molecule has 1 heterocycles. The molecule has 0 spiro atoms. The second-order valence-corrected chi connectivity index (χ2v) is 4.99. The zero-order valence-electron chi connectivity index (χ0n) is 12.1. The Morgan fingerprint density at radius 3 is 2.85 bits per heavy atom. The molecule has 20 heavy (non-hydrogen) atoms. The smallest absolute Gasteiger partial charge is 0.165 e. The highest BCUT2D eigenvalue weighted by molar-refractivity contribution is 5.29. The van der Waals surface area contributed by atoms with Crippen LogP contribution in [0.4, 0.5) is 4.39 Å². The lowest BCUT2D eigenvalue weighted by molar-refractivity contribution is 0.385. The molecule has 0 aliphatic rings. The molecular weight excluding hydrogens is 257 g/mol. The van der Waals surface area contributed by atoms with Gasteiger partial charge in [-0.2, -0.15) is 5.10 Å². The molecule has 1 aromatic carbocycles. The number of hydrogen-bond acceptors (Lipinski definition) is 3. The van der Waals surface area contributed by atoms with Crippen LogP contribution in [0.25, 0.3) is 0 Å². The van der Waals surface area contributed by atoms with Gasteiger partial charge in [-0.3, -0.25) is 4.68 Å². The average Bonchev–Trinajstić information content (AvgIpc) is 2.82. The van der Waals surface area contributed by atoms with Crippen molar-refractivity contribution in [1.82, 2.24) is 15.1 Å². The maximum atomic E-state index is 13.6. The van der Waals surface area contributed by atoms with Crippen molar-refractivity contribution in [2.24, 2.45) is 0 Å². The van der Waals surface area contributed by atoms with E-state index >= 15 is 0 Å². The number of halogens is 1. The Kier molecular flexibility index (Phi) is 4.74. The van der Waals surface area contributed by atoms with Crippen molar-refractivity contribution in [2.75, 3.05) is 7.11 Å². The van der Waals surface area contributed by atoms with Gasteiger partial charge in [-0.1, -0.05) is 6.07 Å². The molecule has 0 aliphatic heterocycles. The third-order valence-corrected chi connectivity index (χ3v) is 3.09. The van der Waals surface area contributed by atoms with Crippen molar-refractivity contribution >= 4 is 0 Å². The van der Waals surface area contributed by atoms with Crippen LogP contribution in [0.3, 0.4) is 0 Å². The minimum Gasteiger partial charge on any atom is -0.494 e. The highest BCUT2D eigenvalue weighted by Gasteiger charge is 2.06. The van der Waals surface area contributed by atoms with Gasteiger partial charge < -0.3 is 10.1 Å². The number of nitrogens with zero attached hydrogens (tertiary/aromatic N) is 2. The van der Waals surface area contributed by atoms with Gasteiger partial charge in [0.25, 0.3) is 0 Å². The van der Waals surface area contributed by atoms with Crippen LogP contribution in [-0.2, 0) is 13.1 Å². The number of benzene rings is 1. The molecule has 2 rings (SSSR count). The Morgan fingerprint density at radius 2 is 2.25 bits per heavy atom. The molecule has 4 nitrogen and oxygen atoms in total. The summed E-state index contributed by atoms with van der Waals surface area (Å²) in [5.74, 6) is -0.0593. The van der Waals surface area contributed by atoms with E-state index in [0.717, 1.165) is 17.7 Å². The predicted molar refractivity (Wildman–Crippen MR) is 76.2 cm³/mol. The van der Waals surface area contributed by atoms with Gasteiger partial charge in [-0.25, -0.2) is 4.39 Å². The zero-order valence-corrected chi connectivity index (χ0v) is 12.1. The first-order valence-electron chi connectivity index (χ1n) is 6.63. The fraction of sp³-hybridized carbons (Fsp3) is 0.400. The molecule has 0 saturated carbocycles. The van der Waals surface area contributed by atoms with E-state index in [-0.39, 0.29) is 17.6 Å². The Labute approximate surface area is 118 Å². The molecule has 0 radical (unpaired) electrons. The van der Waals surface area contributed by atoms with Crippen LogP contribution in [0.5, 0.6) is 5.75 Å². The third-order valence-electron chi connectivity index (χ3n) is 3.09. The highest BCUT2D eigenvalue weighted by atomic mass is 19.1. The zero-order chi connectivity index (χ0) is 14.5. The molecule has 0 saturated heterocycles. The minimum atomic E-state index is -0.331.